The molecular weight excluding hydrogens is 378 g/mol. The van der Waals surface area contributed by atoms with E-state index in [0.717, 1.165) is 5.69 Å². The molecule has 1 aromatic heterocycles. The van der Waals surface area contributed by atoms with Crippen LogP contribution in [0.15, 0.2) is 24.4 Å². The number of hydrogen-bond acceptors (Lipinski definition) is 7. The molecule has 0 aliphatic carbocycles. The molecular formula is C12H22ClN5O4S2. The van der Waals surface area contributed by atoms with Gasteiger partial charge < -0.3 is 5.32 Å². The van der Waals surface area contributed by atoms with Crippen molar-refractivity contribution in [2.75, 3.05) is 26.2 Å². The van der Waals surface area contributed by atoms with Gasteiger partial charge in [0, 0.05) is 38.9 Å². The summed E-state index contributed by atoms with van der Waals surface area (Å²) in [5.74, 6) is 0. The Morgan fingerprint density at radius 3 is 2.00 bits per heavy atom. The second kappa shape index (κ2) is 8.52. The first-order valence-corrected chi connectivity index (χ1v) is 10.2. The zero-order chi connectivity index (χ0) is 17.1. The first-order valence-electron chi connectivity index (χ1n) is 7.02. The number of primary sulfonamides is 2. The minimum atomic E-state index is -3.35. The quantitative estimate of drug-likeness (QED) is 0.542. The third kappa shape index (κ3) is 6.24. The number of rotatable bonds is 4. The van der Waals surface area contributed by atoms with Crippen LogP contribution in [-0.2, 0) is 26.6 Å². The highest BCUT2D eigenvalue weighted by atomic mass is 35.5. The van der Waals surface area contributed by atoms with Crippen LogP contribution in [0.2, 0.25) is 0 Å². The molecule has 0 bridgehead atoms. The number of aromatic nitrogens is 1. The second-order valence-electron chi connectivity index (χ2n) is 5.60. The number of likely N-dealkylation sites (tertiary alicyclic amines) is 1. The van der Waals surface area contributed by atoms with Crippen molar-refractivity contribution in [2.24, 2.45) is 10.3 Å². The van der Waals surface area contributed by atoms with Crippen LogP contribution in [0.3, 0.4) is 0 Å². The maximum atomic E-state index is 10.9. The molecule has 12 heteroatoms. The summed E-state index contributed by atoms with van der Waals surface area (Å²) in [7, 11) is -6.58. The predicted octanol–water partition coefficient (Wildman–Crippen LogP) is -1.78. The Morgan fingerprint density at radius 1 is 1.08 bits per heavy atom. The average molecular weight is 400 g/mol. The van der Waals surface area contributed by atoms with Gasteiger partial charge in [-0.2, -0.15) is 0 Å². The van der Waals surface area contributed by atoms with E-state index in [9.17, 15) is 16.8 Å². The van der Waals surface area contributed by atoms with Crippen LogP contribution < -0.4 is 15.6 Å². The van der Waals surface area contributed by atoms with Gasteiger partial charge in [-0.25, -0.2) is 27.1 Å². The normalized spacial score (nSPS) is 19.2. The lowest BCUT2D eigenvalue weighted by Crippen LogP contribution is -2.55. The van der Waals surface area contributed by atoms with Crippen molar-refractivity contribution in [2.45, 2.75) is 17.0 Å². The van der Waals surface area contributed by atoms with E-state index in [1.54, 1.807) is 6.20 Å². The first kappa shape index (κ1) is 21.2. The molecule has 5 N–H and O–H groups in total. The Balaban J connectivity index is 0.000000273. The molecule has 24 heavy (non-hydrogen) atoms. The van der Waals surface area contributed by atoms with Crippen LogP contribution in [0.25, 0.3) is 0 Å². The summed E-state index contributed by atoms with van der Waals surface area (Å²) in [5, 5.41) is 11.9. The molecule has 3 rings (SSSR count). The highest BCUT2D eigenvalue weighted by Crippen LogP contribution is 2.16. The lowest BCUT2D eigenvalue weighted by Gasteiger charge is -2.37. The van der Waals surface area contributed by atoms with Crippen LogP contribution in [0.1, 0.15) is 5.69 Å². The molecule has 2 aliphatic rings. The van der Waals surface area contributed by atoms with Crippen molar-refractivity contribution in [3.63, 3.8) is 0 Å². The summed E-state index contributed by atoms with van der Waals surface area (Å²) in [6.07, 6.45) is 1.73. The number of nitrogens with two attached hydrogens (primary N) is 2. The SMILES string of the molecule is Cl.NS(=O)(=O)C1CN(Cc2ccccn2)C1.NS(=O)(=O)C1CNC1. The molecule has 2 aliphatic heterocycles. The highest BCUT2D eigenvalue weighted by Gasteiger charge is 2.34. The number of nitrogens with one attached hydrogen (secondary N) is 1. The molecule has 3 heterocycles. The van der Waals surface area contributed by atoms with Gasteiger partial charge in [0.1, 0.15) is 5.25 Å². The number of pyridine rings is 1. The van der Waals surface area contributed by atoms with E-state index >= 15 is 0 Å². The maximum Gasteiger partial charge on any atom is 0.214 e. The average Bonchev–Trinajstić information content (AvgIpc) is 2.29. The fraction of sp³-hybridized carbons (Fsp3) is 0.583. The molecule has 2 fully saturated rings. The zero-order valence-electron chi connectivity index (χ0n) is 12.9. The minimum absolute atomic E-state index is 0. The van der Waals surface area contributed by atoms with Crippen molar-refractivity contribution >= 4 is 32.5 Å². The van der Waals surface area contributed by atoms with Gasteiger partial charge in [-0.3, -0.25) is 9.88 Å². The number of nitrogens with zero attached hydrogens (tertiary/aromatic N) is 2. The molecule has 9 nitrogen and oxygen atoms in total. The zero-order valence-corrected chi connectivity index (χ0v) is 15.4. The van der Waals surface area contributed by atoms with E-state index in [1.165, 1.54) is 0 Å². The molecule has 138 valence electrons. The van der Waals surface area contributed by atoms with Crippen molar-refractivity contribution in [3.8, 4) is 0 Å². The Hall–Kier alpha value is -0.820. The summed E-state index contributed by atoms with van der Waals surface area (Å²) in [5.41, 5.74) is 0.949. The van der Waals surface area contributed by atoms with Gasteiger partial charge in [-0.1, -0.05) is 6.07 Å². The van der Waals surface area contributed by atoms with Crippen LogP contribution >= 0.6 is 12.4 Å². The van der Waals surface area contributed by atoms with Crippen molar-refractivity contribution in [1.29, 1.82) is 0 Å². The van der Waals surface area contributed by atoms with Gasteiger partial charge in [-0.05, 0) is 12.1 Å². The van der Waals surface area contributed by atoms with Crippen LogP contribution in [0.4, 0.5) is 0 Å². The summed E-state index contributed by atoms with van der Waals surface area (Å²) < 4.78 is 42.6. The minimum Gasteiger partial charge on any atom is -0.314 e. The van der Waals surface area contributed by atoms with E-state index in [4.69, 9.17) is 10.3 Å². The van der Waals surface area contributed by atoms with Gasteiger partial charge in [0.05, 0.1) is 10.9 Å². The molecule has 0 atom stereocenters. The number of halogens is 1. The van der Waals surface area contributed by atoms with Crippen molar-refractivity contribution in [1.82, 2.24) is 15.2 Å². The molecule has 0 aromatic carbocycles. The highest BCUT2D eigenvalue weighted by molar-refractivity contribution is 7.90. The smallest absolute Gasteiger partial charge is 0.214 e. The molecule has 1 aromatic rings. The van der Waals surface area contributed by atoms with Crippen LogP contribution in [0, 0.1) is 0 Å². The standard InChI is InChI=1S/C9H13N3O2S.C3H8N2O2S.ClH/c10-15(13,14)9-6-12(7-9)5-8-3-1-2-4-11-8;4-8(6,7)3-1-5-2-3;/h1-4,9H,5-7H2,(H2,10,13,14);3,5H,1-2H2,(H2,4,6,7);1H. The lowest BCUT2D eigenvalue weighted by molar-refractivity contribution is 0.174. The fourth-order valence-corrected chi connectivity index (χ4v) is 3.61. The van der Waals surface area contributed by atoms with E-state index in [1.807, 2.05) is 23.1 Å². The third-order valence-electron chi connectivity index (χ3n) is 3.71. The lowest BCUT2D eigenvalue weighted by atomic mass is 10.2. The van der Waals surface area contributed by atoms with E-state index in [-0.39, 0.29) is 17.7 Å². The van der Waals surface area contributed by atoms with E-state index < -0.39 is 25.3 Å². The number of hydrogen-bond donors (Lipinski definition) is 3. The Kier molecular flexibility index (Phi) is 7.53. The molecule has 0 unspecified atom stereocenters. The van der Waals surface area contributed by atoms with Gasteiger partial charge >= 0.3 is 0 Å². The summed E-state index contributed by atoms with van der Waals surface area (Å²) in [6.45, 7) is 2.73. The Morgan fingerprint density at radius 2 is 1.67 bits per heavy atom. The van der Waals surface area contributed by atoms with Crippen LogP contribution in [-0.4, -0.2) is 63.4 Å². The van der Waals surface area contributed by atoms with E-state index in [2.05, 4.69) is 10.3 Å². The Bertz CT molecular complexity index is 719. The van der Waals surface area contributed by atoms with Crippen molar-refractivity contribution < 1.29 is 16.8 Å². The topological polar surface area (TPSA) is 148 Å². The van der Waals surface area contributed by atoms with Crippen molar-refractivity contribution in [3.05, 3.63) is 30.1 Å². The number of sulfonamides is 2. The molecule has 0 radical (unpaired) electrons. The summed E-state index contributed by atoms with van der Waals surface area (Å²) in [4.78, 5) is 6.18. The van der Waals surface area contributed by atoms with Gasteiger partial charge in [0.25, 0.3) is 0 Å². The monoisotopic (exact) mass is 399 g/mol. The van der Waals surface area contributed by atoms with E-state index in [0.29, 0.717) is 32.7 Å². The molecule has 2 saturated heterocycles. The largest absolute Gasteiger partial charge is 0.314 e. The molecule has 0 amide bonds. The summed E-state index contributed by atoms with van der Waals surface area (Å²) in [6, 6.07) is 5.69. The second-order valence-corrected chi connectivity index (χ2v) is 9.28. The molecule has 0 saturated carbocycles. The third-order valence-corrected chi connectivity index (χ3v) is 6.20. The first-order chi connectivity index (χ1) is 10.7. The van der Waals surface area contributed by atoms with Gasteiger partial charge in [0.2, 0.25) is 20.0 Å². The molecule has 0 spiro atoms. The predicted molar refractivity (Wildman–Crippen MR) is 93.4 cm³/mol. The van der Waals surface area contributed by atoms with Crippen LogP contribution in [0.5, 0.6) is 0 Å². The Labute approximate surface area is 148 Å². The fourth-order valence-electron chi connectivity index (χ4n) is 2.07. The summed E-state index contributed by atoms with van der Waals surface area (Å²) >= 11 is 0. The maximum absolute atomic E-state index is 10.9. The van der Waals surface area contributed by atoms with Gasteiger partial charge in [0.15, 0.2) is 0 Å². The van der Waals surface area contributed by atoms with Gasteiger partial charge in [-0.15, -0.1) is 12.4 Å².